The van der Waals surface area contributed by atoms with Crippen LogP contribution in [0.4, 0.5) is 0 Å². The zero-order chi connectivity index (χ0) is 11.9. The fourth-order valence-electron chi connectivity index (χ4n) is 1.91. The summed E-state index contributed by atoms with van der Waals surface area (Å²) in [6.07, 6.45) is 2.24. The van der Waals surface area contributed by atoms with Crippen LogP contribution in [0, 0.1) is 0 Å². The lowest BCUT2D eigenvalue weighted by molar-refractivity contribution is -0.119. The third-order valence-electron chi connectivity index (χ3n) is 2.78. The van der Waals surface area contributed by atoms with Gasteiger partial charge in [-0.25, -0.2) is 0 Å². The average molecular weight is 287 g/mol. The third-order valence-corrected chi connectivity index (χ3v) is 3.79. The van der Waals surface area contributed by atoms with Gasteiger partial charge in [0.15, 0.2) is 0 Å². The van der Waals surface area contributed by atoms with E-state index in [1.807, 2.05) is 30.3 Å². The van der Waals surface area contributed by atoms with E-state index in [9.17, 15) is 4.79 Å². The summed E-state index contributed by atoms with van der Waals surface area (Å²) >= 11 is 1.58. The summed E-state index contributed by atoms with van der Waals surface area (Å²) < 4.78 is 0. The van der Waals surface area contributed by atoms with Gasteiger partial charge in [-0.05, 0) is 31.5 Å². The molecule has 1 saturated heterocycles. The lowest BCUT2D eigenvalue weighted by Crippen LogP contribution is -2.46. The second-order valence-electron chi connectivity index (χ2n) is 4.21. The smallest absolute Gasteiger partial charge is 0.230 e. The Balaban J connectivity index is 0.00000162. The van der Waals surface area contributed by atoms with E-state index < -0.39 is 0 Å². The molecule has 0 spiro atoms. The van der Waals surface area contributed by atoms with Crippen molar-refractivity contribution in [1.82, 2.24) is 10.6 Å². The van der Waals surface area contributed by atoms with E-state index in [0.717, 1.165) is 30.8 Å². The average Bonchev–Trinajstić information content (AvgIpc) is 2.39. The molecular weight excluding hydrogens is 268 g/mol. The Morgan fingerprint density at radius 3 is 2.83 bits per heavy atom. The zero-order valence-electron chi connectivity index (χ0n) is 10.2. The highest BCUT2D eigenvalue weighted by Gasteiger charge is 2.14. The number of benzene rings is 1. The highest BCUT2D eigenvalue weighted by atomic mass is 35.5. The van der Waals surface area contributed by atoms with Gasteiger partial charge in [-0.1, -0.05) is 18.2 Å². The van der Waals surface area contributed by atoms with Crippen molar-refractivity contribution in [1.29, 1.82) is 0 Å². The molecule has 0 radical (unpaired) electrons. The Hall–Kier alpha value is -0.710. The normalized spacial score (nSPS) is 18.8. The summed E-state index contributed by atoms with van der Waals surface area (Å²) in [5, 5.41) is 6.36. The summed E-state index contributed by atoms with van der Waals surface area (Å²) in [4.78, 5) is 12.9. The highest BCUT2D eigenvalue weighted by molar-refractivity contribution is 8.00. The molecule has 0 aliphatic carbocycles. The van der Waals surface area contributed by atoms with Crippen LogP contribution in [0.15, 0.2) is 35.2 Å². The maximum atomic E-state index is 11.7. The minimum absolute atomic E-state index is 0. The SMILES string of the molecule is Cl.O=C(CSc1ccccc1)N[C@@H]1CCCNC1. The molecular formula is C13H19ClN2OS. The minimum Gasteiger partial charge on any atom is -0.351 e. The van der Waals surface area contributed by atoms with Crippen LogP contribution in [0.3, 0.4) is 0 Å². The van der Waals surface area contributed by atoms with Crippen LogP contribution < -0.4 is 10.6 Å². The molecule has 1 atom stereocenters. The number of halogens is 1. The van der Waals surface area contributed by atoms with Crippen LogP contribution in [0.5, 0.6) is 0 Å². The number of hydrogen-bond acceptors (Lipinski definition) is 3. The largest absolute Gasteiger partial charge is 0.351 e. The fourth-order valence-corrected chi connectivity index (χ4v) is 2.64. The highest BCUT2D eigenvalue weighted by Crippen LogP contribution is 2.16. The number of hydrogen-bond donors (Lipinski definition) is 2. The van der Waals surface area contributed by atoms with Crippen molar-refractivity contribution in [2.45, 2.75) is 23.8 Å². The molecule has 0 bridgehead atoms. The molecule has 1 aliphatic heterocycles. The molecule has 0 aromatic heterocycles. The van der Waals surface area contributed by atoms with Crippen LogP contribution in [-0.2, 0) is 4.79 Å². The number of rotatable bonds is 4. The molecule has 3 nitrogen and oxygen atoms in total. The Labute approximate surface area is 119 Å². The van der Waals surface area contributed by atoms with Gasteiger partial charge in [0.25, 0.3) is 0 Å². The van der Waals surface area contributed by atoms with Crippen molar-refractivity contribution in [3.63, 3.8) is 0 Å². The number of thioether (sulfide) groups is 1. The van der Waals surface area contributed by atoms with Crippen LogP contribution in [0.25, 0.3) is 0 Å². The Morgan fingerprint density at radius 2 is 2.17 bits per heavy atom. The Kier molecular flexibility index (Phi) is 7.16. The van der Waals surface area contributed by atoms with Gasteiger partial charge in [-0.15, -0.1) is 24.2 Å². The molecule has 1 fully saturated rings. The number of piperidine rings is 1. The molecule has 1 aromatic carbocycles. The molecule has 2 N–H and O–H groups in total. The molecule has 100 valence electrons. The van der Waals surface area contributed by atoms with Gasteiger partial charge in [0, 0.05) is 17.5 Å². The molecule has 18 heavy (non-hydrogen) atoms. The monoisotopic (exact) mass is 286 g/mol. The maximum absolute atomic E-state index is 11.7. The lowest BCUT2D eigenvalue weighted by atomic mass is 10.1. The second-order valence-corrected chi connectivity index (χ2v) is 5.26. The molecule has 5 heteroatoms. The first-order chi connectivity index (χ1) is 8.34. The number of nitrogens with one attached hydrogen (secondary N) is 2. The van der Waals surface area contributed by atoms with E-state index >= 15 is 0 Å². The van der Waals surface area contributed by atoms with Gasteiger partial charge >= 0.3 is 0 Å². The third kappa shape index (κ3) is 5.29. The summed E-state index contributed by atoms with van der Waals surface area (Å²) in [6.45, 7) is 1.98. The number of carbonyl (C=O) groups is 1. The molecule has 1 aliphatic rings. The standard InChI is InChI=1S/C13H18N2OS.ClH/c16-13(15-11-5-4-8-14-9-11)10-17-12-6-2-1-3-7-12;/h1-3,6-7,11,14H,4-5,8-10H2,(H,15,16);1H/t11-;/m1./s1. The zero-order valence-corrected chi connectivity index (χ0v) is 11.9. The topological polar surface area (TPSA) is 41.1 Å². The number of carbonyl (C=O) groups excluding carboxylic acids is 1. The summed E-state index contributed by atoms with van der Waals surface area (Å²) in [6, 6.07) is 10.3. The van der Waals surface area contributed by atoms with Crippen molar-refractivity contribution in [2.75, 3.05) is 18.8 Å². The first kappa shape index (κ1) is 15.3. The minimum atomic E-state index is 0. The summed E-state index contributed by atoms with van der Waals surface area (Å²) in [7, 11) is 0. The predicted molar refractivity (Wildman–Crippen MR) is 78.4 cm³/mol. The van der Waals surface area contributed by atoms with Crippen LogP contribution in [0.1, 0.15) is 12.8 Å². The van der Waals surface area contributed by atoms with Crippen molar-refractivity contribution >= 4 is 30.1 Å². The molecule has 1 amide bonds. The van der Waals surface area contributed by atoms with Crippen LogP contribution >= 0.6 is 24.2 Å². The second kappa shape index (κ2) is 8.40. The molecule has 1 aromatic rings. The maximum Gasteiger partial charge on any atom is 0.230 e. The quantitative estimate of drug-likeness (QED) is 0.833. The molecule has 1 heterocycles. The van der Waals surface area contributed by atoms with Gasteiger partial charge in [-0.2, -0.15) is 0 Å². The predicted octanol–water partition coefficient (Wildman–Crippen LogP) is 2.07. The Bertz CT molecular complexity index is 355. The van der Waals surface area contributed by atoms with Crippen molar-refractivity contribution in [2.24, 2.45) is 0 Å². The number of amides is 1. The van der Waals surface area contributed by atoms with E-state index in [-0.39, 0.29) is 18.3 Å². The van der Waals surface area contributed by atoms with E-state index in [0.29, 0.717) is 11.8 Å². The van der Waals surface area contributed by atoms with Gasteiger partial charge in [-0.3, -0.25) is 4.79 Å². The van der Waals surface area contributed by atoms with E-state index in [4.69, 9.17) is 0 Å². The van der Waals surface area contributed by atoms with Gasteiger partial charge < -0.3 is 10.6 Å². The van der Waals surface area contributed by atoms with Gasteiger partial charge in [0.1, 0.15) is 0 Å². The van der Waals surface area contributed by atoms with E-state index in [1.54, 1.807) is 11.8 Å². The first-order valence-electron chi connectivity index (χ1n) is 6.02. The lowest BCUT2D eigenvalue weighted by Gasteiger charge is -2.23. The summed E-state index contributed by atoms with van der Waals surface area (Å²) in [5.74, 6) is 0.633. The summed E-state index contributed by atoms with van der Waals surface area (Å²) in [5.41, 5.74) is 0. The molecule has 2 rings (SSSR count). The van der Waals surface area contributed by atoms with Crippen LogP contribution in [0.2, 0.25) is 0 Å². The Morgan fingerprint density at radius 1 is 1.39 bits per heavy atom. The van der Waals surface area contributed by atoms with Gasteiger partial charge in [0.2, 0.25) is 5.91 Å². The van der Waals surface area contributed by atoms with Crippen molar-refractivity contribution < 1.29 is 4.79 Å². The molecule has 0 unspecified atom stereocenters. The molecule has 0 saturated carbocycles. The van der Waals surface area contributed by atoms with Crippen molar-refractivity contribution in [3.05, 3.63) is 30.3 Å². The first-order valence-corrected chi connectivity index (χ1v) is 7.01. The van der Waals surface area contributed by atoms with Crippen LogP contribution in [-0.4, -0.2) is 30.8 Å². The fraction of sp³-hybridized carbons (Fsp3) is 0.462. The van der Waals surface area contributed by atoms with E-state index in [1.165, 1.54) is 0 Å². The van der Waals surface area contributed by atoms with E-state index in [2.05, 4.69) is 10.6 Å². The van der Waals surface area contributed by atoms with Crippen molar-refractivity contribution in [3.8, 4) is 0 Å². The van der Waals surface area contributed by atoms with Gasteiger partial charge in [0.05, 0.1) is 5.75 Å².